The van der Waals surface area contributed by atoms with Crippen LogP contribution >= 0.6 is 0 Å². The molecule has 0 amide bonds. The predicted octanol–water partition coefficient (Wildman–Crippen LogP) is 3.06. The Morgan fingerprint density at radius 2 is 2.00 bits per heavy atom. The summed E-state index contributed by atoms with van der Waals surface area (Å²) < 4.78 is 11.1. The molecule has 3 rings (SSSR count). The standard InChI is InChI=1S/C18H15NO5/c1-23-13-7-8-14-15(10-19(21)22)16(11-20)18(24-17(14)9-13)12-5-3-2-4-6-12/h2-9,11,15H,10H2,1H3/t15-/m1/s1. The molecule has 0 aromatic heterocycles. The van der Waals surface area contributed by atoms with Gasteiger partial charge in [0, 0.05) is 27.7 Å². The van der Waals surface area contributed by atoms with Crippen molar-refractivity contribution in [2.45, 2.75) is 5.92 Å². The third kappa shape index (κ3) is 2.86. The summed E-state index contributed by atoms with van der Waals surface area (Å²) in [5.41, 5.74) is 1.58. The molecule has 122 valence electrons. The van der Waals surface area contributed by atoms with E-state index < -0.39 is 10.8 Å². The predicted molar refractivity (Wildman–Crippen MR) is 87.7 cm³/mol. The summed E-state index contributed by atoms with van der Waals surface area (Å²) in [6.45, 7) is -0.382. The summed E-state index contributed by atoms with van der Waals surface area (Å²) in [6, 6.07) is 14.2. The average molecular weight is 325 g/mol. The van der Waals surface area contributed by atoms with Gasteiger partial charge in [-0.3, -0.25) is 14.9 Å². The molecule has 0 fully saturated rings. The van der Waals surface area contributed by atoms with Crippen LogP contribution in [0.5, 0.6) is 11.5 Å². The first kappa shape index (κ1) is 15.7. The van der Waals surface area contributed by atoms with Crippen molar-refractivity contribution < 1.29 is 19.2 Å². The molecule has 2 aromatic rings. The van der Waals surface area contributed by atoms with Gasteiger partial charge in [-0.05, 0) is 6.07 Å². The van der Waals surface area contributed by atoms with E-state index in [2.05, 4.69) is 0 Å². The molecule has 1 heterocycles. The van der Waals surface area contributed by atoms with Gasteiger partial charge in [0.25, 0.3) is 0 Å². The van der Waals surface area contributed by atoms with Crippen LogP contribution in [0.1, 0.15) is 17.0 Å². The molecule has 0 saturated heterocycles. The highest BCUT2D eigenvalue weighted by Crippen LogP contribution is 2.43. The van der Waals surface area contributed by atoms with E-state index >= 15 is 0 Å². The normalized spacial score (nSPS) is 16.1. The van der Waals surface area contributed by atoms with E-state index in [0.29, 0.717) is 34.7 Å². The highest BCUT2D eigenvalue weighted by molar-refractivity contribution is 5.90. The molecule has 0 aliphatic carbocycles. The van der Waals surface area contributed by atoms with Gasteiger partial charge in [-0.15, -0.1) is 0 Å². The van der Waals surface area contributed by atoms with Gasteiger partial charge in [-0.25, -0.2) is 0 Å². The second-order valence-electron chi connectivity index (χ2n) is 5.34. The molecule has 0 N–H and O–H groups in total. The zero-order chi connectivity index (χ0) is 17.1. The zero-order valence-corrected chi connectivity index (χ0v) is 13.0. The highest BCUT2D eigenvalue weighted by atomic mass is 16.6. The van der Waals surface area contributed by atoms with Crippen LogP contribution in [-0.4, -0.2) is 24.9 Å². The lowest BCUT2D eigenvalue weighted by Crippen LogP contribution is -2.22. The molecule has 24 heavy (non-hydrogen) atoms. The molecule has 0 saturated carbocycles. The number of hydrogen-bond acceptors (Lipinski definition) is 5. The molecule has 6 heteroatoms. The van der Waals surface area contributed by atoms with E-state index in [1.54, 1.807) is 30.3 Å². The molecule has 2 aromatic carbocycles. The van der Waals surface area contributed by atoms with E-state index in [-0.39, 0.29) is 12.1 Å². The Balaban J connectivity index is 2.17. The van der Waals surface area contributed by atoms with Gasteiger partial charge in [-0.2, -0.15) is 0 Å². The van der Waals surface area contributed by atoms with E-state index in [1.165, 1.54) is 7.11 Å². The molecule has 0 spiro atoms. The average Bonchev–Trinajstić information content (AvgIpc) is 2.61. The lowest BCUT2D eigenvalue weighted by Gasteiger charge is -2.26. The first-order valence-electron chi connectivity index (χ1n) is 7.36. The van der Waals surface area contributed by atoms with Crippen molar-refractivity contribution in [1.29, 1.82) is 0 Å². The maximum Gasteiger partial charge on any atom is 0.215 e. The molecular formula is C18H15NO5. The Labute approximate surface area is 138 Å². The Hall–Kier alpha value is -3.15. The van der Waals surface area contributed by atoms with Crippen LogP contribution in [0.25, 0.3) is 5.76 Å². The minimum Gasteiger partial charge on any atom is -0.497 e. The van der Waals surface area contributed by atoms with Crippen molar-refractivity contribution >= 4 is 12.0 Å². The third-order valence-corrected chi connectivity index (χ3v) is 3.94. The molecule has 1 atom stereocenters. The molecule has 0 unspecified atom stereocenters. The molecule has 0 bridgehead atoms. The Bertz CT molecular complexity index is 813. The van der Waals surface area contributed by atoms with Crippen LogP contribution in [0.15, 0.2) is 54.1 Å². The maximum atomic E-state index is 11.7. The smallest absolute Gasteiger partial charge is 0.215 e. The minimum absolute atomic E-state index is 0.274. The van der Waals surface area contributed by atoms with Crippen molar-refractivity contribution in [1.82, 2.24) is 0 Å². The minimum atomic E-state index is -0.664. The van der Waals surface area contributed by atoms with Gasteiger partial charge in [0.2, 0.25) is 6.54 Å². The monoisotopic (exact) mass is 325 g/mol. The number of rotatable bonds is 5. The summed E-state index contributed by atoms with van der Waals surface area (Å²) in [5, 5.41) is 11.1. The Morgan fingerprint density at radius 3 is 2.62 bits per heavy atom. The van der Waals surface area contributed by atoms with E-state index in [9.17, 15) is 14.9 Å². The highest BCUT2D eigenvalue weighted by Gasteiger charge is 2.34. The van der Waals surface area contributed by atoms with Gasteiger partial charge in [0.15, 0.2) is 6.29 Å². The number of aldehydes is 1. The number of carbonyl (C=O) groups is 1. The van der Waals surface area contributed by atoms with Crippen LogP contribution < -0.4 is 9.47 Å². The number of methoxy groups -OCH3 is 1. The van der Waals surface area contributed by atoms with Crippen LogP contribution in [0.3, 0.4) is 0 Å². The van der Waals surface area contributed by atoms with Crippen LogP contribution in [-0.2, 0) is 4.79 Å². The zero-order valence-electron chi connectivity index (χ0n) is 13.0. The van der Waals surface area contributed by atoms with Crippen LogP contribution in [0.2, 0.25) is 0 Å². The molecule has 1 aliphatic rings. The number of ether oxygens (including phenoxy) is 2. The van der Waals surface area contributed by atoms with Gasteiger partial charge in [-0.1, -0.05) is 36.4 Å². The lowest BCUT2D eigenvalue weighted by atomic mass is 9.87. The van der Waals surface area contributed by atoms with Crippen molar-refractivity contribution in [2.24, 2.45) is 0 Å². The summed E-state index contributed by atoms with van der Waals surface area (Å²) in [4.78, 5) is 22.4. The molecule has 0 radical (unpaired) electrons. The fraction of sp³-hybridized carbons (Fsp3) is 0.167. The summed E-state index contributed by atoms with van der Waals surface area (Å²) >= 11 is 0. The topological polar surface area (TPSA) is 78.7 Å². The lowest BCUT2D eigenvalue weighted by molar-refractivity contribution is -0.481. The number of nitro groups is 1. The number of benzene rings is 2. The SMILES string of the molecule is COc1ccc2c(c1)OC(c1ccccc1)=C(C=O)[C@@H]2C[N+](=O)[O-]. The second kappa shape index (κ2) is 6.54. The van der Waals surface area contributed by atoms with Crippen molar-refractivity contribution in [3.8, 4) is 11.5 Å². The van der Waals surface area contributed by atoms with Gasteiger partial charge in [0.1, 0.15) is 17.3 Å². The first-order valence-corrected chi connectivity index (χ1v) is 7.36. The quantitative estimate of drug-likeness (QED) is 0.479. The number of carbonyl (C=O) groups excluding carboxylic acids is 1. The van der Waals surface area contributed by atoms with Crippen LogP contribution in [0.4, 0.5) is 0 Å². The fourth-order valence-electron chi connectivity index (χ4n) is 2.81. The van der Waals surface area contributed by atoms with E-state index in [0.717, 1.165) is 0 Å². The molecule has 1 aliphatic heterocycles. The second-order valence-corrected chi connectivity index (χ2v) is 5.34. The summed E-state index contributed by atoms with van der Waals surface area (Å²) in [7, 11) is 1.53. The van der Waals surface area contributed by atoms with Crippen LogP contribution in [0, 0.1) is 10.1 Å². The molecule has 6 nitrogen and oxygen atoms in total. The number of hydrogen-bond donors (Lipinski definition) is 0. The first-order chi connectivity index (χ1) is 11.6. The number of fused-ring (bicyclic) bond motifs is 1. The van der Waals surface area contributed by atoms with E-state index in [1.807, 2.05) is 18.2 Å². The van der Waals surface area contributed by atoms with Crippen molar-refractivity contribution in [2.75, 3.05) is 13.7 Å². The Morgan fingerprint density at radius 1 is 1.25 bits per heavy atom. The summed E-state index contributed by atoms with van der Waals surface area (Å²) in [6.07, 6.45) is 0.643. The largest absolute Gasteiger partial charge is 0.497 e. The molecular weight excluding hydrogens is 310 g/mol. The third-order valence-electron chi connectivity index (χ3n) is 3.94. The van der Waals surface area contributed by atoms with E-state index in [4.69, 9.17) is 9.47 Å². The maximum absolute atomic E-state index is 11.7. The van der Waals surface area contributed by atoms with Gasteiger partial charge in [0.05, 0.1) is 13.0 Å². The van der Waals surface area contributed by atoms with Gasteiger partial charge >= 0.3 is 0 Å². The summed E-state index contributed by atoms with van der Waals surface area (Å²) in [5.74, 6) is 0.724. The fourth-order valence-corrected chi connectivity index (χ4v) is 2.81. The van der Waals surface area contributed by atoms with Crippen molar-refractivity contribution in [3.05, 3.63) is 75.3 Å². The Kier molecular flexibility index (Phi) is 4.29. The van der Waals surface area contributed by atoms with Crippen molar-refractivity contribution in [3.63, 3.8) is 0 Å². The van der Waals surface area contributed by atoms with Gasteiger partial charge < -0.3 is 9.47 Å². The number of nitrogens with zero attached hydrogens (tertiary/aromatic N) is 1.